The quantitative estimate of drug-likeness (QED) is 0.607. The lowest BCUT2D eigenvalue weighted by Gasteiger charge is -2.31. The zero-order valence-electron chi connectivity index (χ0n) is 18.7. The molecule has 2 amide bonds. The third-order valence-electron chi connectivity index (χ3n) is 6.35. The van der Waals surface area contributed by atoms with Crippen molar-refractivity contribution < 1.29 is 18.0 Å². The number of carbonyl (C=O) groups excluding carboxylic acids is 2. The number of halogens is 2. The Balaban J connectivity index is 1.46. The third kappa shape index (κ3) is 5.57. The van der Waals surface area contributed by atoms with Gasteiger partial charge < -0.3 is 10.2 Å². The van der Waals surface area contributed by atoms with Gasteiger partial charge in [0, 0.05) is 41.8 Å². The first kappa shape index (κ1) is 25.0. The van der Waals surface area contributed by atoms with E-state index in [1.165, 1.54) is 4.31 Å². The second-order valence-corrected chi connectivity index (χ2v) is 11.5. The summed E-state index contributed by atoms with van der Waals surface area (Å²) in [6.07, 6.45) is 3.08. The van der Waals surface area contributed by atoms with Gasteiger partial charge >= 0.3 is 0 Å². The number of benzene rings is 2. The number of amides is 2. The zero-order chi connectivity index (χ0) is 24.3. The molecule has 0 aromatic heterocycles. The summed E-state index contributed by atoms with van der Waals surface area (Å²) in [5.74, 6) is -1.25. The molecule has 4 rings (SSSR count). The molecule has 2 aliphatic heterocycles. The molecule has 2 aromatic rings. The van der Waals surface area contributed by atoms with Crippen LogP contribution >= 0.6 is 23.2 Å². The lowest BCUT2D eigenvalue weighted by atomic mass is 9.98. The van der Waals surface area contributed by atoms with E-state index in [1.807, 2.05) is 0 Å². The van der Waals surface area contributed by atoms with E-state index in [4.69, 9.17) is 23.2 Å². The van der Waals surface area contributed by atoms with Crippen molar-refractivity contribution in [3.8, 4) is 0 Å². The summed E-state index contributed by atoms with van der Waals surface area (Å²) in [5.41, 5.74) is 1.25. The fourth-order valence-electron chi connectivity index (χ4n) is 4.46. The first-order valence-electron chi connectivity index (χ1n) is 11.4. The van der Waals surface area contributed by atoms with E-state index in [0.717, 1.165) is 12.8 Å². The number of hydrogen-bond donors (Lipinski definition) is 1. The first-order chi connectivity index (χ1) is 16.3. The van der Waals surface area contributed by atoms with E-state index in [1.54, 1.807) is 47.4 Å². The Hall–Kier alpha value is -2.13. The highest BCUT2D eigenvalue weighted by molar-refractivity contribution is 7.88. The Morgan fingerprint density at radius 3 is 2.32 bits per heavy atom. The molecule has 34 heavy (non-hydrogen) atoms. The van der Waals surface area contributed by atoms with E-state index in [0.29, 0.717) is 59.3 Å². The van der Waals surface area contributed by atoms with E-state index >= 15 is 0 Å². The Morgan fingerprint density at radius 1 is 0.941 bits per heavy atom. The fraction of sp³-hybridized carbons (Fsp3) is 0.417. The summed E-state index contributed by atoms with van der Waals surface area (Å²) in [6.45, 7) is 1.83. The van der Waals surface area contributed by atoms with Gasteiger partial charge in [-0.15, -0.1) is 0 Å². The molecule has 0 unspecified atom stereocenters. The van der Waals surface area contributed by atoms with Crippen molar-refractivity contribution >= 4 is 50.7 Å². The van der Waals surface area contributed by atoms with Gasteiger partial charge in [-0.1, -0.05) is 41.4 Å². The highest BCUT2D eigenvalue weighted by atomic mass is 35.5. The number of anilines is 1. The third-order valence-corrected chi connectivity index (χ3v) is 8.83. The predicted octanol–water partition coefficient (Wildman–Crippen LogP) is 4.41. The average molecular weight is 524 g/mol. The summed E-state index contributed by atoms with van der Waals surface area (Å²) >= 11 is 12.3. The minimum atomic E-state index is -3.73. The minimum Gasteiger partial charge on any atom is -0.339 e. The molecule has 10 heteroatoms. The van der Waals surface area contributed by atoms with Crippen LogP contribution in [0.5, 0.6) is 0 Å². The van der Waals surface area contributed by atoms with Gasteiger partial charge in [0.15, 0.2) is 0 Å². The highest BCUT2D eigenvalue weighted by Crippen LogP contribution is 2.29. The van der Waals surface area contributed by atoms with Crippen LogP contribution in [0.15, 0.2) is 42.5 Å². The second kappa shape index (κ2) is 10.6. The molecular formula is C24H27Cl2N3O4S. The number of rotatable bonds is 6. The Morgan fingerprint density at radius 2 is 1.62 bits per heavy atom. The Kier molecular flexibility index (Phi) is 7.82. The van der Waals surface area contributed by atoms with Crippen molar-refractivity contribution in [1.29, 1.82) is 0 Å². The molecule has 1 N–H and O–H groups in total. The molecule has 2 aromatic carbocycles. The molecule has 0 radical (unpaired) electrons. The van der Waals surface area contributed by atoms with Crippen LogP contribution < -0.4 is 5.32 Å². The van der Waals surface area contributed by atoms with Crippen molar-refractivity contribution in [1.82, 2.24) is 9.21 Å². The molecular weight excluding hydrogens is 497 g/mol. The second-order valence-electron chi connectivity index (χ2n) is 8.69. The topological polar surface area (TPSA) is 86.8 Å². The Bertz CT molecular complexity index is 1160. The SMILES string of the molecule is O=C(Nc1ccccc1C(=O)N1CCCC1)[C@@H]1CCCN(S(=O)(=O)Cc2c(Cl)cccc2Cl)C1. The number of likely N-dealkylation sites (tertiary alicyclic amines) is 1. The van der Waals surface area contributed by atoms with E-state index in [9.17, 15) is 18.0 Å². The summed E-state index contributed by atoms with van der Waals surface area (Å²) in [7, 11) is -3.73. The smallest absolute Gasteiger partial charge is 0.255 e. The minimum absolute atomic E-state index is 0.0679. The van der Waals surface area contributed by atoms with Gasteiger partial charge in [0.05, 0.1) is 22.9 Å². The van der Waals surface area contributed by atoms with Gasteiger partial charge in [0.1, 0.15) is 0 Å². The number of carbonyl (C=O) groups is 2. The zero-order valence-corrected chi connectivity index (χ0v) is 21.0. The number of para-hydroxylation sites is 1. The van der Waals surface area contributed by atoms with Crippen LogP contribution in [0.1, 0.15) is 41.6 Å². The molecule has 2 aliphatic rings. The number of hydrogen-bond acceptors (Lipinski definition) is 4. The molecule has 2 heterocycles. The normalized spacial score (nSPS) is 19.2. The molecule has 2 saturated heterocycles. The molecule has 0 bridgehead atoms. The number of piperidine rings is 1. The molecule has 0 aliphatic carbocycles. The number of nitrogens with zero attached hydrogens (tertiary/aromatic N) is 2. The van der Waals surface area contributed by atoms with Crippen LogP contribution in [0.3, 0.4) is 0 Å². The average Bonchev–Trinajstić information content (AvgIpc) is 3.37. The molecule has 0 spiro atoms. The molecule has 0 saturated carbocycles. The molecule has 1 atom stereocenters. The summed E-state index contributed by atoms with van der Waals surface area (Å²) in [6, 6.07) is 11.8. The maximum Gasteiger partial charge on any atom is 0.255 e. The lowest BCUT2D eigenvalue weighted by Crippen LogP contribution is -2.44. The van der Waals surface area contributed by atoms with Gasteiger partial charge in [-0.25, -0.2) is 12.7 Å². The summed E-state index contributed by atoms with van der Waals surface area (Å²) < 4.78 is 27.5. The van der Waals surface area contributed by atoms with Crippen LogP contribution in [0.25, 0.3) is 0 Å². The van der Waals surface area contributed by atoms with Crippen molar-refractivity contribution in [3.63, 3.8) is 0 Å². The van der Waals surface area contributed by atoms with Crippen molar-refractivity contribution in [2.24, 2.45) is 5.92 Å². The number of nitrogens with one attached hydrogen (secondary N) is 1. The monoisotopic (exact) mass is 523 g/mol. The van der Waals surface area contributed by atoms with Crippen LogP contribution in [-0.2, 0) is 20.6 Å². The van der Waals surface area contributed by atoms with Crippen LogP contribution in [0.2, 0.25) is 10.0 Å². The highest BCUT2D eigenvalue weighted by Gasteiger charge is 2.33. The van der Waals surface area contributed by atoms with Crippen LogP contribution in [0, 0.1) is 5.92 Å². The maximum atomic E-state index is 13.1. The molecule has 7 nitrogen and oxygen atoms in total. The van der Waals surface area contributed by atoms with Crippen LogP contribution in [0.4, 0.5) is 5.69 Å². The van der Waals surface area contributed by atoms with Crippen molar-refractivity contribution in [2.75, 3.05) is 31.5 Å². The van der Waals surface area contributed by atoms with Crippen LogP contribution in [-0.4, -0.2) is 55.6 Å². The number of sulfonamides is 1. The standard InChI is InChI=1S/C24H27Cl2N3O4S/c25-20-9-5-10-21(26)19(20)16-34(32,33)29-14-6-7-17(15-29)23(30)27-22-11-2-1-8-18(22)24(31)28-12-3-4-13-28/h1-2,5,8-11,17H,3-4,6-7,12-16H2,(H,27,30)/t17-/m1/s1. The van der Waals surface area contributed by atoms with Gasteiger partial charge in [0.25, 0.3) is 5.91 Å². The van der Waals surface area contributed by atoms with Gasteiger partial charge in [0.2, 0.25) is 15.9 Å². The summed E-state index contributed by atoms with van der Waals surface area (Å²) in [5, 5.41) is 3.46. The lowest BCUT2D eigenvalue weighted by molar-refractivity contribution is -0.120. The summed E-state index contributed by atoms with van der Waals surface area (Å²) in [4.78, 5) is 27.8. The molecule has 2 fully saturated rings. The predicted molar refractivity (Wildman–Crippen MR) is 134 cm³/mol. The first-order valence-corrected chi connectivity index (χ1v) is 13.7. The van der Waals surface area contributed by atoms with Crippen molar-refractivity contribution in [2.45, 2.75) is 31.4 Å². The van der Waals surface area contributed by atoms with Gasteiger partial charge in [-0.05, 0) is 49.9 Å². The fourth-order valence-corrected chi connectivity index (χ4v) is 6.82. The van der Waals surface area contributed by atoms with E-state index in [-0.39, 0.29) is 24.1 Å². The van der Waals surface area contributed by atoms with Gasteiger partial charge in [-0.2, -0.15) is 0 Å². The van der Waals surface area contributed by atoms with Crippen molar-refractivity contribution in [3.05, 3.63) is 63.6 Å². The Labute approximate surface area is 210 Å². The maximum absolute atomic E-state index is 13.1. The van der Waals surface area contributed by atoms with Gasteiger partial charge in [-0.3, -0.25) is 9.59 Å². The largest absolute Gasteiger partial charge is 0.339 e. The van der Waals surface area contributed by atoms with E-state index in [2.05, 4.69) is 5.32 Å². The molecule has 182 valence electrons. The van der Waals surface area contributed by atoms with E-state index < -0.39 is 15.9 Å².